The topological polar surface area (TPSA) is 68.1 Å². The molecule has 0 spiro atoms. The lowest BCUT2D eigenvalue weighted by Gasteiger charge is -2.12. The van der Waals surface area contributed by atoms with Gasteiger partial charge in [-0.1, -0.05) is 12.8 Å². The molecule has 1 aliphatic carbocycles. The molecule has 0 radical (unpaired) electrons. The maximum Gasteiger partial charge on any atom is 0.314 e. The van der Waals surface area contributed by atoms with Gasteiger partial charge < -0.3 is 5.32 Å². The van der Waals surface area contributed by atoms with Crippen LogP contribution in [0.1, 0.15) is 31.2 Å². The lowest BCUT2D eigenvalue weighted by Crippen LogP contribution is -2.16. The molecule has 5 nitrogen and oxygen atoms in total. The Hall–Kier alpha value is -1.65. The summed E-state index contributed by atoms with van der Waals surface area (Å²) in [6.45, 7) is 1.74. The number of hydrogen-bond donors (Lipinski definition) is 1. The Morgan fingerprint density at radius 1 is 1.50 bits per heavy atom. The molecule has 0 atom stereocenters. The van der Waals surface area contributed by atoms with Gasteiger partial charge in [-0.15, -0.1) is 0 Å². The molecule has 0 aliphatic heterocycles. The average Bonchev–Trinajstić information content (AvgIpc) is 2.70. The molecule has 1 heterocycles. The number of aryl methyl sites for hydroxylation is 1. The molecule has 1 aliphatic rings. The summed E-state index contributed by atoms with van der Waals surface area (Å²) in [5.41, 5.74) is 0.759. The fourth-order valence-corrected chi connectivity index (χ4v) is 2.15. The number of rotatable bonds is 3. The van der Waals surface area contributed by atoms with Crippen LogP contribution in [-0.2, 0) is 0 Å². The minimum absolute atomic E-state index is 0.106. The molecule has 0 bridgehead atoms. The molecule has 0 unspecified atom stereocenters. The number of nitrogens with one attached hydrogen (secondary N) is 1. The normalized spacial score (nSPS) is 16.3. The van der Waals surface area contributed by atoms with Crippen LogP contribution in [0.4, 0.5) is 11.5 Å². The second kappa shape index (κ2) is 4.47. The summed E-state index contributed by atoms with van der Waals surface area (Å²) in [6.07, 6.45) is 6.15. The molecule has 1 fully saturated rings. The second-order valence-electron chi connectivity index (χ2n) is 4.21. The Kier molecular flexibility index (Phi) is 3.03. The first-order chi connectivity index (χ1) is 7.68. The first-order valence-corrected chi connectivity index (χ1v) is 5.55. The highest BCUT2D eigenvalue weighted by atomic mass is 16.6. The highest BCUT2D eigenvalue weighted by molar-refractivity contribution is 5.60. The van der Waals surface area contributed by atoms with Crippen molar-refractivity contribution in [2.75, 3.05) is 5.32 Å². The summed E-state index contributed by atoms with van der Waals surface area (Å²) in [7, 11) is 0. The number of aromatic nitrogens is 1. The first kappa shape index (κ1) is 10.9. The lowest BCUT2D eigenvalue weighted by atomic mass is 10.2. The van der Waals surface area contributed by atoms with Crippen LogP contribution in [0, 0.1) is 17.0 Å². The molecule has 5 heteroatoms. The Balaban J connectivity index is 2.25. The predicted octanol–water partition coefficient (Wildman–Crippen LogP) is 2.65. The first-order valence-electron chi connectivity index (χ1n) is 5.55. The van der Waals surface area contributed by atoms with Crippen molar-refractivity contribution >= 4 is 11.5 Å². The third-order valence-corrected chi connectivity index (χ3v) is 3.00. The monoisotopic (exact) mass is 221 g/mol. The summed E-state index contributed by atoms with van der Waals surface area (Å²) >= 11 is 0. The van der Waals surface area contributed by atoms with Gasteiger partial charge in [0.1, 0.15) is 0 Å². The zero-order valence-electron chi connectivity index (χ0n) is 9.27. The molecule has 0 amide bonds. The molecule has 86 valence electrons. The van der Waals surface area contributed by atoms with Gasteiger partial charge >= 0.3 is 5.69 Å². The zero-order chi connectivity index (χ0) is 11.5. The van der Waals surface area contributed by atoms with E-state index in [4.69, 9.17) is 0 Å². The number of nitrogens with zero attached hydrogens (tertiary/aromatic N) is 2. The van der Waals surface area contributed by atoms with Crippen molar-refractivity contribution in [1.82, 2.24) is 4.98 Å². The number of hydrogen-bond acceptors (Lipinski definition) is 4. The highest BCUT2D eigenvalue weighted by Gasteiger charge is 2.22. The summed E-state index contributed by atoms with van der Waals surface area (Å²) in [5.74, 6) is 0.414. The number of nitro groups is 1. The molecule has 0 saturated heterocycles. The van der Waals surface area contributed by atoms with E-state index >= 15 is 0 Å². The van der Waals surface area contributed by atoms with Crippen LogP contribution in [0.3, 0.4) is 0 Å². The molecule has 1 aromatic heterocycles. The van der Waals surface area contributed by atoms with Gasteiger partial charge in [0.05, 0.1) is 4.92 Å². The summed E-state index contributed by atoms with van der Waals surface area (Å²) in [5, 5.41) is 14.1. The minimum Gasteiger partial charge on any atom is -0.362 e. The molecule has 0 aromatic carbocycles. The van der Waals surface area contributed by atoms with Crippen LogP contribution in [-0.4, -0.2) is 15.9 Å². The lowest BCUT2D eigenvalue weighted by molar-refractivity contribution is -0.384. The standard InChI is InChI=1S/C11H15N3O2/c1-8-6-7-12-11(10(8)14(15)16)13-9-4-2-3-5-9/h6-7,9H,2-5H2,1H3,(H,12,13). The van der Waals surface area contributed by atoms with Gasteiger partial charge in [0.2, 0.25) is 5.82 Å². The largest absolute Gasteiger partial charge is 0.362 e. The molecular weight excluding hydrogens is 206 g/mol. The number of anilines is 1. The van der Waals surface area contributed by atoms with Gasteiger partial charge in [-0.2, -0.15) is 0 Å². The molecule has 16 heavy (non-hydrogen) atoms. The zero-order valence-corrected chi connectivity index (χ0v) is 9.27. The summed E-state index contributed by atoms with van der Waals surface area (Å²) in [4.78, 5) is 14.7. The van der Waals surface area contributed by atoms with Gasteiger partial charge in [0.15, 0.2) is 0 Å². The van der Waals surface area contributed by atoms with Crippen molar-refractivity contribution in [2.24, 2.45) is 0 Å². The highest BCUT2D eigenvalue weighted by Crippen LogP contribution is 2.29. The summed E-state index contributed by atoms with van der Waals surface area (Å²) in [6, 6.07) is 2.01. The fourth-order valence-electron chi connectivity index (χ4n) is 2.15. The van der Waals surface area contributed by atoms with Gasteiger partial charge in [0.25, 0.3) is 0 Å². The van der Waals surface area contributed by atoms with Crippen molar-refractivity contribution in [3.8, 4) is 0 Å². The molecule has 2 rings (SSSR count). The van der Waals surface area contributed by atoms with Crippen LogP contribution in [0.5, 0.6) is 0 Å². The van der Waals surface area contributed by atoms with E-state index in [0.29, 0.717) is 17.4 Å². The van der Waals surface area contributed by atoms with Crippen molar-refractivity contribution < 1.29 is 4.92 Å². The average molecular weight is 221 g/mol. The third kappa shape index (κ3) is 2.13. The van der Waals surface area contributed by atoms with Crippen LogP contribution in [0.15, 0.2) is 12.3 Å². The van der Waals surface area contributed by atoms with Crippen molar-refractivity contribution in [1.29, 1.82) is 0 Å². The van der Waals surface area contributed by atoms with Crippen LogP contribution in [0.2, 0.25) is 0 Å². The smallest absolute Gasteiger partial charge is 0.314 e. The van der Waals surface area contributed by atoms with Gasteiger partial charge in [-0.05, 0) is 25.8 Å². The van der Waals surface area contributed by atoms with E-state index in [-0.39, 0.29) is 10.6 Å². The maximum absolute atomic E-state index is 10.9. The SMILES string of the molecule is Cc1ccnc(NC2CCCC2)c1[N+](=O)[O-]. The molecule has 1 aromatic rings. The van der Waals surface area contributed by atoms with E-state index < -0.39 is 0 Å². The van der Waals surface area contributed by atoms with E-state index in [1.165, 1.54) is 12.8 Å². The molecule has 1 saturated carbocycles. The van der Waals surface area contributed by atoms with Crippen LogP contribution >= 0.6 is 0 Å². The van der Waals surface area contributed by atoms with E-state index in [0.717, 1.165) is 12.8 Å². The third-order valence-electron chi connectivity index (χ3n) is 3.00. The number of pyridine rings is 1. The van der Waals surface area contributed by atoms with E-state index in [1.54, 1.807) is 19.2 Å². The van der Waals surface area contributed by atoms with Gasteiger partial charge in [0, 0.05) is 17.8 Å². The van der Waals surface area contributed by atoms with E-state index in [9.17, 15) is 10.1 Å². The van der Waals surface area contributed by atoms with E-state index in [1.807, 2.05) is 0 Å². The second-order valence-corrected chi connectivity index (χ2v) is 4.21. The fraction of sp³-hybridized carbons (Fsp3) is 0.545. The maximum atomic E-state index is 10.9. The Labute approximate surface area is 94.0 Å². The molecular formula is C11H15N3O2. The van der Waals surface area contributed by atoms with Crippen molar-refractivity contribution in [3.05, 3.63) is 27.9 Å². The van der Waals surface area contributed by atoms with E-state index in [2.05, 4.69) is 10.3 Å². The molecule has 1 N–H and O–H groups in total. The van der Waals surface area contributed by atoms with Crippen LogP contribution < -0.4 is 5.32 Å². The van der Waals surface area contributed by atoms with Crippen molar-refractivity contribution in [3.63, 3.8) is 0 Å². The summed E-state index contributed by atoms with van der Waals surface area (Å²) < 4.78 is 0. The Bertz CT molecular complexity index is 400. The Morgan fingerprint density at radius 3 is 2.81 bits per heavy atom. The predicted molar refractivity (Wildman–Crippen MR) is 61.5 cm³/mol. The Morgan fingerprint density at radius 2 is 2.19 bits per heavy atom. The quantitative estimate of drug-likeness (QED) is 0.629. The van der Waals surface area contributed by atoms with Crippen LogP contribution in [0.25, 0.3) is 0 Å². The van der Waals surface area contributed by atoms with Gasteiger partial charge in [-0.25, -0.2) is 4.98 Å². The van der Waals surface area contributed by atoms with Gasteiger partial charge in [-0.3, -0.25) is 10.1 Å². The minimum atomic E-state index is -0.361. The van der Waals surface area contributed by atoms with Crippen molar-refractivity contribution in [2.45, 2.75) is 38.6 Å².